The molecule has 0 radical (unpaired) electrons. The first-order valence-electron chi connectivity index (χ1n) is 10.3. The van der Waals surface area contributed by atoms with Crippen molar-refractivity contribution in [2.75, 3.05) is 39.4 Å². The van der Waals surface area contributed by atoms with Gasteiger partial charge in [0.25, 0.3) is 5.91 Å². The highest BCUT2D eigenvalue weighted by atomic mass is 16.6. The summed E-state index contributed by atoms with van der Waals surface area (Å²) < 4.78 is 16.4. The number of rotatable bonds is 5. The lowest BCUT2D eigenvalue weighted by Gasteiger charge is -2.37. The number of fused-ring (bicyclic) bond motifs is 1. The molecule has 1 aromatic rings. The number of benzene rings is 1. The SMILES string of the molecule is CCOC(=O)N1CCN(C(=O)C(NC(=O)C2COc3ccccc3O2)C(C)C)CC1. The van der Waals surface area contributed by atoms with Crippen LogP contribution in [0.3, 0.4) is 0 Å². The molecule has 2 unspecified atom stereocenters. The summed E-state index contributed by atoms with van der Waals surface area (Å²) in [6.07, 6.45) is -1.19. The molecule has 9 nitrogen and oxygen atoms in total. The molecule has 0 aliphatic carbocycles. The molecule has 3 rings (SSSR count). The van der Waals surface area contributed by atoms with Crippen LogP contribution in [0.1, 0.15) is 20.8 Å². The first-order valence-corrected chi connectivity index (χ1v) is 10.3. The number of carbonyl (C=O) groups excluding carboxylic acids is 3. The molecule has 2 heterocycles. The maximum absolute atomic E-state index is 13.1. The number of hydrogen-bond acceptors (Lipinski definition) is 6. The third-order valence-electron chi connectivity index (χ3n) is 5.15. The van der Waals surface area contributed by atoms with Crippen molar-refractivity contribution >= 4 is 17.9 Å². The standard InChI is InChI=1S/C21H29N3O6/c1-4-28-21(27)24-11-9-23(10-12-24)20(26)18(14(2)3)22-19(25)17-13-29-15-7-5-6-8-16(15)30-17/h5-8,14,17-18H,4,9-13H2,1-3H3,(H,22,25). The monoisotopic (exact) mass is 419 g/mol. The molecule has 3 amide bonds. The van der Waals surface area contributed by atoms with Gasteiger partial charge < -0.3 is 29.3 Å². The zero-order valence-corrected chi connectivity index (χ0v) is 17.6. The summed E-state index contributed by atoms with van der Waals surface area (Å²) in [6.45, 7) is 7.51. The quantitative estimate of drug-likeness (QED) is 0.772. The normalized spacial score (nSPS) is 19.3. The molecule has 0 aromatic heterocycles. The van der Waals surface area contributed by atoms with Gasteiger partial charge in [-0.1, -0.05) is 26.0 Å². The Morgan fingerprint density at radius 3 is 2.37 bits per heavy atom. The minimum absolute atomic E-state index is 0.0834. The summed E-state index contributed by atoms with van der Waals surface area (Å²) >= 11 is 0. The lowest BCUT2D eigenvalue weighted by molar-refractivity contribution is -0.141. The Bertz CT molecular complexity index is 776. The second-order valence-electron chi connectivity index (χ2n) is 7.61. The Morgan fingerprint density at radius 2 is 1.73 bits per heavy atom. The van der Waals surface area contributed by atoms with Crippen LogP contribution in [0, 0.1) is 5.92 Å². The Hall–Kier alpha value is -2.97. The molecular weight excluding hydrogens is 390 g/mol. The number of piperazine rings is 1. The summed E-state index contributed by atoms with van der Waals surface area (Å²) in [6, 6.07) is 6.46. The van der Waals surface area contributed by atoms with E-state index in [1.165, 1.54) is 0 Å². The second-order valence-corrected chi connectivity index (χ2v) is 7.61. The predicted molar refractivity (Wildman–Crippen MR) is 108 cm³/mol. The molecule has 30 heavy (non-hydrogen) atoms. The van der Waals surface area contributed by atoms with E-state index in [1.807, 2.05) is 19.9 Å². The van der Waals surface area contributed by atoms with E-state index in [0.29, 0.717) is 44.3 Å². The van der Waals surface area contributed by atoms with Crippen LogP contribution in [0.2, 0.25) is 0 Å². The van der Waals surface area contributed by atoms with Crippen LogP contribution in [-0.4, -0.2) is 79.2 Å². The van der Waals surface area contributed by atoms with Crippen molar-refractivity contribution in [3.63, 3.8) is 0 Å². The average molecular weight is 419 g/mol. The lowest BCUT2D eigenvalue weighted by Crippen LogP contribution is -2.59. The van der Waals surface area contributed by atoms with E-state index >= 15 is 0 Å². The van der Waals surface area contributed by atoms with Gasteiger partial charge in [0.1, 0.15) is 12.6 Å². The van der Waals surface area contributed by atoms with Crippen LogP contribution in [0.4, 0.5) is 4.79 Å². The van der Waals surface area contributed by atoms with Gasteiger partial charge in [0.2, 0.25) is 12.0 Å². The summed E-state index contributed by atoms with van der Waals surface area (Å²) in [5, 5.41) is 2.83. The number of para-hydroxylation sites is 2. The number of nitrogens with zero attached hydrogens (tertiary/aromatic N) is 2. The zero-order chi connectivity index (χ0) is 21.7. The number of hydrogen-bond donors (Lipinski definition) is 1. The van der Waals surface area contributed by atoms with Crippen molar-refractivity contribution in [1.29, 1.82) is 0 Å². The van der Waals surface area contributed by atoms with Crippen LogP contribution in [0.15, 0.2) is 24.3 Å². The average Bonchev–Trinajstić information content (AvgIpc) is 2.76. The van der Waals surface area contributed by atoms with Crippen molar-refractivity contribution in [2.24, 2.45) is 5.92 Å². The van der Waals surface area contributed by atoms with Crippen molar-refractivity contribution in [1.82, 2.24) is 15.1 Å². The first-order chi connectivity index (χ1) is 14.4. The van der Waals surface area contributed by atoms with Crippen LogP contribution >= 0.6 is 0 Å². The topological polar surface area (TPSA) is 97.4 Å². The number of carbonyl (C=O) groups is 3. The fourth-order valence-corrected chi connectivity index (χ4v) is 3.43. The van der Waals surface area contributed by atoms with Crippen LogP contribution in [-0.2, 0) is 14.3 Å². The molecular formula is C21H29N3O6. The molecule has 1 saturated heterocycles. The fourth-order valence-electron chi connectivity index (χ4n) is 3.43. The van der Waals surface area contributed by atoms with Gasteiger partial charge in [0.05, 0.1) is 6.61 Å². The van der Waals surface area contributed by atoms with Crippen LogP contribution in [0.25, 0.3) is 0 Å². The van der Waals surface area contributed by atoms with E-state index in [1.54, 1.807) is 34.9 Å². The van der Waals surface area contributed by atoms with Crippen LogP contribution < -0.4 is 14.8 Å². The van der Waals surface area contributed by atoms with Gasteiger partial charge in [-0.15, -0.1) is 0 Å². The third-order valence-corrected chi connectivity index (χ3v) is 5.15. The van der Waals surface area contributed by atoms with E-state index in [2.05, 4.69) is 5.32 Å². The summed E-state index contributed by atoms with van der Waals surface area (Å²) in [5.41, 5.74) is 0. The largest absolute Gasteiger partial charge is 0.485 e. The van der Waals surface area contributed by atoms with E-state index in [9.17, 15) is 14.4 Å². The molecule has 1 fully saturated rings. The van der Waals surface area contributed by atoms with E-state index < -0.39 is 12.1 Å². The molecule has 2 atom stereocenters. The van der Waals surface area contributed by atoms with Gasteiger partial charge in [-0.3, -0.25) is 9.59 Å². The van der Waals surface area contributed by atoms with Gasteiger partial charge in [0, 0.05) is 26.2 Å². The Balaban J connectivity index is 1.57. The minimum atomic E-state index is -0.824. The van der Waals surface area contributed by atoms with Crippen molar-refractivity contribution < 1.29 is 28.6 Å². The Labute approximate surface area is 176 Å². The van der Waals surface area contributed by atoms with Gasteiger partial charge in [-0.2, -0.15) is 0 Å². The number of ether oxygens (including phenoxy) is 3. The molecule has 1 aromatic carbocycles. The number of amides is 3. The van der Waals surface area contributed by atoms with E-state index in [-0.39, 0.29) is 30.4 Å². The second kappa shape index (κ2) is 9.69. The van der Waals surface area contributed by atoms with Gasteiger partial charge >= 0.3 is 6.09 Å². The van der Waals surface area contributed by atoms with Crippen molar-refractivity contribution in [3.8, 4) is 11.5 Å². The molecule has 2 aliphatic heterocycles. The summed E-state index contributed by atoms with van der Waals surface area (Å²) in [4.78, 5) is 40.9. The Kier molecular flexibility index (Phi) is 7.02. The molecule has 2 aliphatic rings. The highest BCUT2D eigenvalue weighted by molar-refractivity contribution is 5.90. The Morgan fingerprint density at radius 1 is 1.10 bits per heavy atom. The van der Waals surface area contributed by atoms with E-state index in [4.69, 9.17) is 14.2 Å². The van der Waals surface area contributed by atoms with Gasteiger partial charge in [-0.25, -0.2) is 4.79 Å². The van der Waals surface area contributed by atoms with E-state index in [0.717, 1.165) is 0 Å². The highest BCUT2D eigenvalue weighted by Crippen LogP contribution is 2.31. The molecule has 0 bridgehead atoms. The zero-order valence-electron chi connectivity index (χ0n) is 17.6. The van der Waals surface area contributed by atoms with Crippen LogP contribution in [0.5, 0.6) is 11.5 Å². The fraction of sp³-hybridized carbons (Fsp3) is 0.571. The predicted octanol–water partition coefficient (Wildman–Crippen LogP) is 1.27. The minimum Gasteiger partial charge on any atom is -0.485 e. The van der Waals surface area contributed by atoms with Crippen molar-refractivity contribution in [2.45, 2.75) is 32.9 Å². The van der Waals surface area contributed by atoms with Gasteiger partial charge in [-0.05, 0) is 25.0 Å². The van der Waals surface area contributed by atoms with Gasteiger partial charge in [0.15, 0.2) is 11.5 Å². The maximum atomic E-state index is 13.1. The first kappa shape index (κ1) is 21.7. The molecule has 9 heteroatoms. The molecule has 1 N–H and O–H groups in total. The summed E-state index contributed by atoms with van der Waals surface area (Å²) in [7, 11) is 0. The lowest BCUT2D eigenvalue weighted by atomic mass is 10.0. The third kappa shape index (κ3) is 4.95. The molecule has 0 saturated carbocycles. The smallest absolute Gasteiger partial charge is 0.409 e. The highest BCUT2D eigenvalue weighted by Gasteiger charge is 2.35. The number of nitrogens with one attached hydrogen (secondary N) is 1. The summed E-state index contributed by atoms with van der Waals surface area (Å²) in [5.74, 6) is 0.436. The molecule has 164 valence electrons. The molecule has 0 spiro atoms. The maximum Gasteiger partial charge on any atom is 0.409 e. The van der Waals surface area contributed by atoms with Crippen molar-refractivity contribution in [3.05, 3.63) is 24.3 Å².